The third kappa shape index (κ3) is 3.20. The molecule has 0 spiro atoms. The first-order valence-corrected chi connectivity index (χ1v) is 7.57. The molecule has 0 unspecified atom stereocenters. The quantitative estimate of drug-likeness (QED) is 0.851. The molecule has 0 saturated heterocycles. The molecule has 1 heterocycles. The van der Waals surface area contributed by atoms with Gasteiger partial charge in [-0.2, -0.15) is 0 Å². The Morgan fingerprint density at radius 2 is 2.06 bits per heavy atom. The SMILES string of the molecule is Fc1ccc(CSc2nnc(NC3CC3)s2)cc1. The standard InChI is InChI=1S/C12H12FN3S2/c13-9-3-1-8(2-4-9)7-17-12-16-15-11(18-12)14-10-5-6-10/h1-4,10H,5-7H2,(H,14,15). The molecule has 1 aromatic heterocycles. The smallest absolute Gasteiger partial charge is 0.206 e. The van der Waals surface area contributed by atoms with E-state index in [0.29, 0.717) is 6.04 Å². The zero-order chi connectivity index (χ0) is 12.4. The van der Waals surface area contributed by atoms with E-state index in [4.69, 9.17) is 0 Å². The van der Waals surface area contributed by atoms with Crippen molar-refractivity contribution in [2.75, 3.05) is 5.32 Å². The lowest BCUT2D eigenvalue weighted by Crippen LogP contribution is -1.99. The molecular formula is C12H12FN3S2. The number of thioether (sulfide) groups is 1. The second-order valence-corrected chi connectivity index (χ2v) is 6.41. The molecule has 0 atom stereocenters. The summed E-state index contributed by atoms with van der Waals surface area (Å²) in [6.07, 6.45) is 2.47. The highest BCUT2D eigenvalue weighted by atomic mass is 32.2. The molecule has 1 fully saturated rings. The summed E-state index contributed by atoms with van der Waals surface area (Å²) in [5, 5.41) is 12.4. The van der Waals surface area contributed by atoms with E-state index in [1.807, 2.05) is 0 Å². The second-order valence-electron chi connectivity index (χ2n) is 4.21. The molecule has 2 aromatic rings. The van der Waals surface area contributed by atoms with Crippen LogP contribution >= 0.6 is 23.1 Å². The molecule has 6 heteroatoms. The Labute approximate surface area is 113 Å². The molecule has 1 N–H and O–H groups in total. The zero-order valence-electron chi connectivity index (χ0n) is 9.60. The fraction of sp³-hybridized carbons (Fsp3) is 0.333. The largest absolute Gasteiger partial charge is 0.357 e. The van der Waals surface area contributed by atoms with Gasteiger partial charge in [0.05, 0.1) is 0 Å². The molecule has 0 amide bonds. The minimum absolute atomic E-state index is 0.199. The van der Waals surface area contributed by atoms with Crippen LogP contribution in [0.5, 0.6) is 0 Å². The number of benzene rings is 1. The van der Waals surface area contributed by atoms with Gasteiger partial charge in [-0.15, -0.1) is 10.2 Å². The fourth-order valence-corrected chi connectivity index (χ4v) is 3.24. The lowest BCUT2D eigenvalue weighted by molar-refractivity contribution is 0.627. The van der Waals surface area contributed by atoms with Crippen LogP contribution in [0.3, 0.4) is 0 Å². The maximum absolute atomic E-state index is 12.7. The van der Waals surface area contributed by atoms with Crippen LogP contribution in [0.15, 0.2) is 28.6 Å². The van der Waals surface area contributed by atoms with Gasteiger partial charge in [0, 0.05) is 11.8 Å². The van der Waals surface area contributed by atoms with Crippen molar-refractivity contribution in [3.8, 4) is 0 Å². The summed E-state index contributed by atoms with van der Waals surface area (Å²) in [7, 11) is 0. The predicted octanol–water partition coefficient (Wildman–Crippen LogP) is 3.54. The van der Waals surface area contributed by atoms with Gasteiger partial charge in [0.1, 0.15) is 5.82 Å². The van der Waals surface area contributed by atoms with E-state index < -0.39 is 0 Å². The van der Waals surface area contributed by atoms with Gasteiger partial charge >= 0.3 is 0 Å². The van der Waals surface area contributed by atoms with E-state index in [-0.39, 0.29) is 5.82 Å². The number of aromatic nitrogens is 2. The van der Waals surface area contributed by atoms with Crippen LogP contribution < -0.4 is 5.32 Å². The van der Waals surface area contributed by atoms with Crippen LogP contribution in [0.25, 0.3) is 0 Å². The summed E-state index contributed by atoms with van der Waals surface area (Å²) in [6.45, 7) is 0. The number of rotatable bonds is 5. The first kappa shape index (κ1) is 11.9. The van der Waals surface area contributed by atoms with Crippen molar-refractivity contribution < 1.29 is 4.39 Å². The topological polar surface area (TPSA) is 37.8 Å². The molecule has 0 radical (unpaired) electrons. The van der Waals surface area contributed by atoms with Crippen molar-refractivity contribution >= 4 is 28.2 Å². The Balaban J connectivity index is 1.55. The van der Waals surface area contributed by atoms with Crippen molar-refractivity contribution in [2.45, 2.75) is 29.0 Å². The van der Waals surface area contributed by atoms with Crippen molar-refractivity contribution in [3.05, 3.63) is 35.6 Å². The van der Waals surface area contributed by atoms with E-state index in [9.17, 15) is 4.39 Å². The van der Waals surface area contributed by atoms with Crippen LogP contribution in [0, 0.1) is 5.82 Å². The van der Waals surface area contributed by atoms with E-state index in [0.717, 1.165) is 20.8 Å². The van der Waals surface area contributed by atoms with Gasteiger partial charge in [-0.3, -0.25) is 0 Å². The number of nitrogens with one attached hydrogen (secondary N) is 1. The molecule has 1 saturated carbocycles. The number of hydrogen-bond acceptors (Lipinski definition) is 5. The Kier molecular flexibility index (Phi) is 3.47. The van der Waals surface area contributed by atoms with E-state index in [2.05, 4.69) is 15.5 Å². The predicted molar refractivity (Wildman–Crippen MR) is 72.5 cm³/mol. The lowest BCUT2D eigenvalue weighted by atomic mass is 10.2. The Hall–Kier alpha value is -1.14. The van der Waals surface area contributed by atoms with Crippen LogP contribution in [-0.4, -0.2) is 16.2 Å². The van der Waals surface area contributed by atoms with Gasteiger partial charge in [-0.25, -0.2) is 4.39 Å². The van der Waals surface area contributed by atoms with Gasteiger partial charge in [0.25, 0.3) is 0 Å². The van der Waals surface area contributed by atoms with Crippen molar-refractivity contribution in [1.82, 2.24) is 10.2 Å². The third-order valence-corrected chi connectivity index (χ3v) is 4.65. The Morgan fingerprint density at radius 1 is 1.28 bits per heavy atom. The first-order chi connectivity index (χ1) is 8.79. The van der Waals surface area contributed by atoms with Crippen molar-refractivity contribution in [3.63, 3.8) is 0 Å². The van der Waals surface area contributed by atoms with Crippen LogP contribution in [0.2, 0.25) is 0 Å². The minimum Gasteiger partial charge on any atom is -0.357 e. The molecule has 3 rings (SSSR count). The first-order valence-electron chi connectivity index (χ1n) is 5.77. The summed E-state index contributed by atoms with van der Waals surface area (Å²) in [4.78, 5) is 0. The molecule has 1 aliphatic rings. The van der Waals surface area contributed by atoms with Crippen molar-refractivity contribution in [2.24, 2.45) is 0 Å². The summed E-state index contributed by atoms with van der Waals surface area (Å²) >= 11 is 3.21. The van der Waals surface area contributed by atoms with Gasteiger partial charge in [-0.1, -0.05) is 35.2 Å². The van der Waals surface area contributed by atoms with Crippen LogP contribution in [0.4, 0.5) is 9.52 Å². The van der Waals surface area contributed by atoms with E-state index in [1.165, 1.54) is 25.0 Å². The number of halogens is 1. The van der Waals surface area contributed by atoms with E-state index in [1.54, 1.807) is 35.2 Å². The highest BCUT2D eigenvalue weighted by Crippen LogP contribution is 2.31. The monoisotopic (exact) mass is 281 g/mol. The minimum atomic E-state index is -0.199. The van der Waals surface area contributed by atoms with Gasteiger partial charge in [-0.05, 0) is 30.5 Å². The maximum atomic E-state index is 12.7. The number of hydrogen-bond donors (Lipinski definition) is 1. The number of anilines is 1. The Morgan fingerprint density at radius 3 is 2.78 bits per heavy atom. The van der Waals surface area contributed by atoms with Gasteiger partial charge < -0.3 is 5.32 Å². The number of nitrogens with zero attached hydrogens (tertiary/aromatic N) is 2. The molecule has 1 aromatic carbocycles. The fourth-order valence-electron chi connectivity index (χ4n) is 1.45. The van der Waals surface area contributed by atoms with Crippen LogP contribution in [0.1, 0.15) is 18.4 Å². The molecule has 1 aliphatic carbocycles. The highest BCUT2D eigenvalue weighted by Gasteiger charge is 2.22. The van der Waals surface area contributed by atoms with Crippen molar-refractivity contribution in [1.29, 1.82) is 0 Å². The normalized spacial score (nSPS) is 14.7. The van der Waals surface area contributed by atoms with Gasteiger partial charge in [0.15, 0.2) is 4.34 Å². The summed E-state index contributed by atoms with van der Waals surface area (Å²) < 4.78 is 13.7. The zero-order valence-corrected chi connectivity index (χ0v) is 11.2. The molecule has 18 heavy (non-hydrogen) atoms. The Bertz CT molecular complexity index is 522. The molecule has 0 aliphatic heterocycles. The van der Waals surface area contributed by atoms with E-state index >= 15 is 0 Å². The summed E-state index contributed by atoms with van der Waals surface area (Å²) in [5.41, 5.74) is 1.09. The summed E-state index contributed by atoms with van der Waals surface area (Å²) in [5.74, 6) is 0.591. The molecule has 94 valence electrons. The highest BCUT2D eigenvalue weighted by molar-refractivity contribution is 8.00. The maximum Gasteiger partial charge on any atom is 0.206 e. The second kappa shape index (κ2) is 5.24. The molecule has 3 nitrogen and oxygen atoms in total. The van der Waals surface area contributed by atoms with Crippen LogP contribution in [-0.2, 0) is 5.75 Å². The molecular weight excluding hydrogens is 269 g/mol. The third-order valence-electron chi connectivity index (χ3n) is 2.59. The summed E-state index contributed by atoms with van der Waals surface area (Å²) in [6, 6.07) is 7.17. The average molecular weight is 281 g/mol. The average Bonchev–Trinajstić information content (AvgIpc) is 3.07. The lowest BCUT2D eigenvalue weighted by Gasteiger charge is -1.98. The van der Waals surface area contributed by atoms with Gasteiger partial charge in [0.2, 0.25) is 5.13 Å². The molecule has 0 bridgehead atoms.